The molecule has 0 radical (unpaired) electrons. The maximum atomic E-state index is 13.6. The third kappa shape index (κ3) is 2.24. The summed E-state index contributed by atoms with van der Waals surface area (Å²) in [6, 6.07) is 5.40. The normalized spacial score (nSPS) is 12.4. The van der Waals surface area contributed by atoms with Crippen LogP contribution in [0, 0.1) is 11.6 Å². The van der Waals surface area contributed by atoms with Crippen molar-refractivity contribution in [2.24, 2.45) is 0 Å². The highest BCUT2D eigenvalue weighted by atomic mass is 19.2. The summed E-state index contributed by atoms with van der Waals surface area (Å²) in [4.78, 5) is 3.95. The summed E-state index contributed by atoms with van der Waals surface area (Å²) in [5.74, 6) is -1.97. The number of nitrogens with zero attached hydrogens (tertiary/aromatic N) is 1. The zero-order valence-corrected chi connectivity index (χ0v) is 9.90. The predicted molar refractivity (Wildman–Crippen MR) is 64.0 cm³/mol. The first kappa shape index (κ1) is 12.6. The van der Waals surface area contributed by atoms with Gasteiger partial charge in [0, 0.05) is 18.0 Å². The Morgan fingerprint density at radius 2 is 2.00 bits per heavy atom. The molecule has 0 saturated carbocycles. The molecular weight excluding hydrogens is 236 g/mol. The molecule has 0 aliphatic rings. The first-order chi connectivity index (χ1) is 8.65. The number of hydrogen-bond acceptors (Lipinski definition) is 2. The van der Waals surface area contributed by atoms with Crippen LogP contribution in [0.3, 0.4) is 0 Å². The van der Waals surface area contributed by atoms with Gasteiger partial charge in [-0.3, -0.25) is 4.98 Å². The third-order valence-electron chi connectivity index (χ3n) is 2.89. The Morgan fingerprint density at radius 3 is 2.72 bits per heavy atom. The quantitative estimate of drug-likeness (QED) is 0.907. The standard InChI is InChI=1S/C14H13F2NO/c1-2-9-8-17-7-6-10(9)14(18)11-4-3-5-12(15)13(11)16/h3-8,14,18H,2H2,1H3. The zero-order chi connectivity index (χ0) is 13.1. The van der Waals surface area contributed by atoms with Gasteiger partial charge in [-0.2, -0.15) is 0 Å². The number of aliphatic hydroxyl groups is 1. The van der Waals surface area contributed by atoms with Gasteiger partial charge in [-0.05, 0) is 29.7 Å². The minimum atomic E-state index is -1.18. The highest BCUT2D eigenvalue weighted by Gasteiger charge is 2.19. The summed E-state index contributed by atoms with van der Waals surface area (Å²) in [5.41, 5.74) is 1.31. The summed E-state index contributed by atoms with van der Waals surface area (Å²) in [7, 11) is 0. The van der Waals surface area contributed by atoms with Gasteiger partial charge in [0.2, 0.25) is 0 Å². The third-order valence-corrected chi connectivity index (χ3v) is 2.89. The number of rotatable bonds is 3. The zero-order valence-electron chi connectivity index (χ0n) is 9.90. The number of aromatic nitrogens is 1. The van der Waals surface area contributed by atoms with Crippen molar-refractivity contribution in [3.8, 4) is 0 Å². The lowest BCUT2D eigenvalue weighted by Gasteiger charge is -2.15. The van der Waals surface area contributed by atoms with Gasteiger partial charge >= 0.3 is 0 Å². The molecule has 0 aliphatic carbocycles. The molecule has 1 unspecified atom stereocenters. The molecule has 0 fully saturated rings. The van der Waals surface area contributed by atoms with Crippen LogP contribution in [0.1, 0.15) is 29.7 Å². The average molecular weight is 249 g/mol. The van der Waals surface area contributed by atoms with E-state index in [1.165, 1.54) is 18.3 Å². The van der Waals surface area contributed by atoms with Crippen molar-refractivity contribution in [1.29, 1.82) is 0 Å². The van der Waals surface area contributed by atoms with Gasteiger partial charge in [0.05, 0.1) is 0 Å². The van der Waals surface area contributed by atoms with E-state index < -0.39 is 17.7 Å². The lowest BCUT2D eigenvalue weighted by Crippen LogP contribution is -2.07. The Hall–Kier alpha value is -1.81. The Bertz CT molecular complexity index is 557. The Kier molecular flexibility index (Phi) is 3.67. The maximum Gasteiger partial charge on any atom is 0.164 e. The Morgan fingerprint density at radius 1 is 1.22 bits per heavy atom. The van der Waals surface area contributed by atoms with Crippen LogP contribution in [-0.2, 0) is 6.42 Å². The molecule has 1 atom stereocenters. The molecule has 0 saturated heterocycles. The van der Waals surface area contributed by atoms with E-state index in [2.05, 4.69) is 4.98 Å². The maximum absolute atomic E-state index is 13.6. The SMILES string of the molecule is CCc1cnccc1C(O)c1cccc(F)c1F. The van der Waals surface area contributed by atoms with Gasteiger partial charge in [-0.15, -0.1) is 0 Å². The monoisotopic (exact) mass is 249 g/mol. The summed E-state index contributed by atoms with van der Waals surface area (Å²) in [6.45, 7) is 1.91. The molecule has 1 aromatic heterocycles. The van der Waals surface area contributed by atoms with Crippen LogP contribution in [0.4, 0.5) is 8.78 Å². The Labute approximate surface area is 104 Å². The van der Waals surface area contributed by atoms with E-state index in [0.717, 1.165) is 11.6 Å². The fraction of sp³-hybridized carbons (Fsp3) is 0.214. The van der Waals surface area contributed by atoms with Crippen molar-refractivity contribution >= 4 is 0 Å². The molecule has 1 aromatic carbocycles. The second-order valence-electron chi connectivity index (χ2n) is 3.97. The van der Waals surface area contributed by atoms with Crippen molar-refractivity contribution in [1.82, 2.24) is 4.98 Å². The van der Waals surface area contributed by atoms with Crippen LogP contribution in [0.2, 0.25) is 0 Å². The number of hydrogen-bond donors (Lipinski definition) is 1. The van der Waals surface area contributed by atoms with E-state index >= 15 is 0 Å². The number of aliphatic hydroxyl groups excluding tert-OH is 1. The van der Waals surface area contributed by atoms with Crippen molar-refractivity contribution in [2.75, 3.05) is 0 Å². The largest absolute Gasteiger partial charge is 0.384 e. The highest BCUT2D eigenvalue weighted by Crippen LogP contribution is 2.27. The second-order valence-corrected chi connectivity index (χ2v) is 3.97. The molecule has 0 amide bonds. The molecule has 1 N–H and O–H groups in total. The topological polar surface area (TPSA) is 33.1 Å². The van der Waals surface area contributed by atoms with Gasteiger partial charge < -0.3 is 5.11 Å². The molecule has 94 valence electrons. The molecule has 0 aliphatic heterocycles. The summed E-state index contributed by atoms with van der Waals surface area (Å²) in [6.07, 6.45) is 2.63. The molecule has 0 spiro atoms. The summed E-state index contributed by atoms with van der Waals surface area (Å²) >= 11 is 0. The lowest BCUT2D eigenvalue weighted by atomic mass is 9.97. The summed E-state index contributed by atoms with van der Waals surface area (Å²) < 4.78 is 26.8. The molecule has 1 heterocycles. The van der Waals surface area contributed by atoms with Crippen LogP contribution >= 0.6 is 0 Å². The Balaban J connectivity index is 2.48. The van der Waals surface area contributed by atoms with Gasteiger partial charge in [0.25, 0.3) is 0 Å². The van der Waals surface area contributed by atoms with Gasteiger partial charge in [0.1, 0.15) is 6.10 Å². The van der Waals surface area contributed by atoms with E-state index in [9.17, 15) is 13.9 Å². The van der Waals surface area contributed by atoms with Crippen molar-refractivity contribution in [3.05, 3.63) is 65.0 Å². The van der Waals surface area contributed by atoms with Gasteiger partial charge in [0.15, 0.2) is 11.6 Å². The molecule has 2 rings (SSSR count). The van der Waals surface area contributed by atoms with E-state index in [0.29, 0.717) is 12.0 Å². The lowest BCUT2D eigenvalue weighted by molar-refractivity contribution is 0.212. The molecule has 2 nitrogen and oxygen atoms in total. The van der Waals surface area contributed by atoms with Crippen LogP contribution in [0.5, 0.6) is 0 Å². The molecule has 0 bridgehead atoms. The fourth-order valence-corrected chi connectivity index (χ4v) is 1.90. The van der Waals surface area contributed by atoms with Crippen molar-refractivity contribution in [3.63, 3.8) is 0 Å². The average Bonchev–Trinajstić information content (AvgIpc) is 2.41. The minimum absolute atomic E-state index is 0.0594. The number of halogens is 2. The molecular formula is C14H13F2NO. The number of aryl methyl sites for hydroxylation is 1. The fourth-order valence-electron chi connectivity index (χ4n) is 1.90. The first-order valence-electron chi connectivity index (χ1n) is 5.70. The molecule has 18 heavy (non-hydrogen) atoms. The van der Waals surface area contributed by atoms with Crippen LogP contribution < -0.4 is 0 Å². The molecule has 4 heteroatoms. The first-order valence-corrected chi connectivity index (χ1v) is 5.70. The smallest absolute Gasteiger partial charge is 0.164 e. The molecule has 2 aromatic rings. The van der Waals surface area contributed by atoms with Crippen LogP contribution in [0.15, 0.2) is 36.7 Å². The minimum Gasteiger partial charge on any atom is -0.384 e. The van der Waals surface area contributed by atoms with Crippen LogP contribution in [-0.4, -0.2) is 10.1 Å². The van der Waals surface area contributed by atoms with E-state index in [1.54, 1.807) is 12.3 Å². The van der Waals surface area contributed by atoms with Gasteiger partial charge in [-0.25, -0.2) is 8.78 Å². The number of benzene rings is 1. The van der Waals surface area contributed by atoms with E-state index in [1.807, 2.05) is 6.92 Å². The van der Waals surface area contributed by atoms with Crippen LogP contribution in [0.25, 0.3) is 0 Å². The van der Waals surface area contributed by atoms with Crippen molar-refractivity contribution in [2.45, 2.75) is 19.4 Å². The second kappa shape index (κ2) is 5.23. The van der Waals surface area contributed by atoms with E-state index in [-0.39, 0.29) is 5.56 Å². The van der Waals surface area contributed by atoms with Crippen molar-refractivity contribution < 1.29 is 13.9 Å². The van der Waals surface area contributed by atoms with E-state index in [4.69, 9.17) is 0 Å². The predicted octanol–water partition coefficient (Wildman–Crippen LogP) is 3.00. The van der Waals surface area contributed by atoms with Gasteiger partial charge in [-0.1, -0.05) is 19.1 Å². The number of pyridine rings is 1. The summed E-state index contributed by atoms with van der Waals surface area (Å²) in [5, 5.41) is 10.2. The highest BCUT2D eigenvalue weighted by molar-refractivity contribution is 5.35.